The molecule has 0 radical (unpaired) electrons. The number of anilines is 2. The van der Waals surface area contributed by atoms with E-state index in [9.17, 15) is 52.7 Å². The maximum absolute atomic E-state index is 15.4. The van der Waals surface area contributed by atoms with Crippen LogP contribution in [0.15, 0.2) is 24.3 Å². The first-order chi connectivity index (χ1) is 42.7. The van der Waals surface area contributed by atoms with Crippen molar-refractivity contribution in [3.8, 4) is 0 Å². The molecule has 6 aromatic carbocycles. The van der Waals surface area contributed by atoms with E-state index in [2.05, 4.69) is 80.0 Å². The third kappa shape index (κ3) is 11.9. The van der Waals surface area contributed by atoms with Gasteiger partial charge in [-0.25, -0.2) is 87.8 Å². The minimum atomic E-state index is -7.22. The first kappa shape index (κ1) is 70.3. The fraction of sp³-hybridized carbons (Fsp3) is 0.406. The quantitative estimate of drug-likeness (QED) is 0.0443. The molecule has 1 saturated heterocycles. The Morgan fingerprint density at radius 2 is 0.538 bits per heavy atom. The van der Waals surface area contributed by atoms with Crippen LogP contribution in [0.3, 0.4) is 0 Å². The van der Waals surface area contributed by atoms with Gasteiger partial charge in [-0.3, -0.25) is 0 Å². The summed E-state index contributed by atoms with van der Waals surface area (Å²) in [6, 6.07) is 9.42. The molecule has 0 spiro atoms. The number of halogens is 22. The number of rotatable bonds is 10. The molecule has 10 rings (SSSR count). The molecule has 1 heterocycles. The first-order valence-corrected chi connectivity index (χ1v) is 37.8. The van der Waals surface area contributed by atoms with Crippen LogP contribution < -0.4 is 31.7 Å². The Labute approximate surface area is 523 Å². The van der Waals surface area contributed by atoms with E-state index in [-0.39, 0.29) is 0 Å². The summed E-state index contributed by atoms with van der Waals surface area (Å²) < 4.78 is 298. The van der Waals surface area contributed by atoms with Crippen LogP contribution in [-0.2, 0) is 11.9 Å². The van der Waals surface area contributed by atoms with E-state index >= 15 is 35.1 Å². The average molecular weight is 1450 g/mol. The van der Waals surface area contributed by atoms with Gasteiger partial charge in [0.1, 0.15) is 52.7 Å². The second kappa shape index (κ2) is 27.0. The summed E-state index contributed by atoms with van der Waals surface area (Å²) in [5.74, 6) is -71.4. The largest absolute Gasteiger partial charge is 0.207 e. The number of benzene rings is 6. The van der Waals surface area contributed by atoms with Crippen molar-refractivity contribution in [3.05, 3.63) is 174 Å². The van der Waals surface area contributed by atoms with E-state index in [1.54, 1.807) is 0 Å². The van der Waals surface area contributed by atoms with E-state index in [1.165, 1.54) is 145 Å². The molecule has 0 amide bonds. The number of aryl methyl sites for hydroxylation is 6. The van der Waals surface area contributed by atoms with Gasteiger partial charge in [0.2, 0.25) is 0 Å². The van der Waals surface area contributed by atoms with Crippen LogP contribution in [-0.4, -0.2) is 44.9 Å². The Kier molecular flexibility index (Phi) is 20.8. The topological polar surface area (TPSA) is 6.48 Å². The van der Waals surface area contributed by atoms with Crippen molar-refractivity contribution < 1.29 is 99.7 Å². The van der Waals surface area contributed by atoms with Gasteiger partial charge in [-0.15, -0.1) is 21.9 Å². The van der Waals surface area contributed by atoms with E-state index < -0.39 is 163 Å². The van der Waals surface area contributed by atoms with Crippen molar-refractivity contribution in [1.29, 1.82) is 0 Å². The number of hydrogen-bond acceptors (Lipinski definition) is 2. The fourth-order valence-corrected chi connectivity index (χ4v) is 36.5. The monoisotopic (exact) mass is 1450 g/mol. The van der Waals surface area contributed by atoms with Crippen molar-refractivity contribution in [2.45, 2.75) is 155 Å². The van der Waals surface area contributed by atoms with Crippen LogP contribution in [0.4, 0.5) is 99.2 Å². The maximum Gasteiger partial charge on any atom is 0.200 e. The van der Waals surface area contributed by atoms with Crippen LogP contribution in [0.2, 0.25) is 0 Å². The van der Waals surface area contributed by atoms with Gasteiger partial charge in [-0.1, -0.05) is 0 Å². The summed E-state index contributed by atoms with van der Waals surface area (Å²) in [7, 11) is 15.1. The minimum Gasteiger partial charge on any atom is -0.207 e. The fourth-order valence-electron chi connectivity index (χ4n) is 15.2. The summed E-state index contributed by atoms with van der Waals surface area (Å²) in [6.07, 6.45) is 13.9. The Morgan fingerprint density at radius 3 is 0.747 bits per heavy atom. The van der Waals surface area contributed by atoms with Gasteiger partial charge in [0, 0.05) is 0 Å². The standard InChI is InChI=1S/C24BF20.C21H26N2.C19H34P.2ClH.Ru/c26-5-1(6(27)14(35)21(42)13(5)34)25(2-7(28)15(36)22(43)16(37)8(2)29,3-9(30)17(38)23(44)18(39)10(3)31)4-11(32)19(40)24(45)20(41)12(4)33;1-14-9-16(3)20(17(4)10-14)22-7-8-23(13-22)21-18(5)11-15(2)12-19(21)6;1-20(17-11-5-2-6-12-17,18-13-7-3-8-14-18)19-15-9-4-10-16-19;;;/h;9-12H,7-8H2,1-6H3;1,17-19H,2-16H2;2*1H;/q-1;;+1;;;+2/p-2. The Morgan fingerprint density at radius 1 is 0.341 bits per heavy atom. The zero-order valence-corrected chi connectivity index (χ0v) is 53.9. The number of hydrogen-bond donors (Lipinski definition) is 0. The van der Waals surface area contributed by atoms with Crippen LogP contribution in [0.25, 0.3) is 0 Å². The predicted molar refractivity (Wildman–Crippen MR) is 316 cm³/mol. The van der Waals surface area contributed by atoms with Gasteiger partial charge in [-0.2, -0.15) is 0 Å². The van der Waals surface area contributed by atoms with E-state index in [4.69, 9.17) is 19.4 Å². The molecule has 6 aromatic rings. The summed E-state index contributed by atoms with van der Waals surface area (Å²) in [5.41, 5.74) is -1.15. The minimum absolute atomic E-state index is 0.833. The number of nitrogens with zero attached hydrogens (tertiary/aromatic N) is 2. The molecule has 496 valence electrons. The SMILES string of the molecule is Cc1cc(C)c(N2CCN(c3c(C)cc(C)cc3C)[C]2=[Ru]([Cl])([Cl])=[CH][P+](C2CCCCC2)(C2CCCCC2)C2CCCCC2)c(C)c1.Fc1c(F)c(F)c([B-](c2c(F)c(F)c(F)c(F)c2F)(c2c(F)c(F)c(F)c(F)c2F)c2c(F)c(F)c(F)c(F)c2F)c(F)c1F. The predicted octanol–water partition coefficient (Wildman–Crippen LogP) is 18.0. The van der Waals surface area contributed by atoms with Gasteiger partial charge in [0.15, 0.2) is 69.8 Å². The molecule has 0 bridgehead atoms. The first-order valence-electron chi connectivity index (χ1n) is 29.4. The molecular weight excluding hydrogens is 1390 g/mol. The average Bonchev–Trinajstić information content (AvgIpc) is 1.69. The molecule has 91 heavy (non-hydrogen) atoms. The Bertz CT molecular complexity index is 3480. The van der Waals surface area contributed by atoms with Crippen molar-refractivity contribution in [2.75, 3.05) is 22.9 Å². The molecule has 4 aliphatic rings. The van der Waals surface area contributed by atoms with Gasteiger partial charge >= 0.3 is 294 Å². The molecule has 0 N–H and O–H groups in total. The van der Waals surface area contributed by atoms with Crippen molar-refractivity contribution in [2.24, 2.45) is 0 Å². The van der Waals surface area contributed by atoms with Gasteiger partial charge < -0.3 is 0 Å². The van der Waals surface area contributed by atoms with Gasteiger partial charge in [0.05, 0.1) is 0 Å². The zero-order valence-electron chi connectivity index (χ0n) is 49.7. The van der Waals surface area contributed by atoms with Gasteiger partial charge in [0.25, 0.3) is 0 Å². The zero-order chi connectivity index (χ0) is 67.0. The van der Waals surface area contributed by atoms with Crippen LogP contribution >= 0.6 is 26.6 Å². The molecule has 27 heteroatoms. The third-order valence-corrected chi connectivity index (χ3v) is 34.4. The summed E-state index contributed by atoms with van der Waals surface area (Å²) >= 11 is -3.59. The summed E-state index contributed by atoms with van der Waals surface area (Å²) in [4.78, 5) is 5.23. The van der Waals surface area contributed by atoms with Crippen molar-refractivity contribution >= 4 is 74.7 Å². The second-order valence-electron chi connectivity index (χ2n) is 24.2. The molecule has 0 unspecified atom stereocenters. The molecule has 1 aliphatic heterocycles. The summed E-state index contributed by atoms with van der Waals surface area (Å²) in [5, 5.41) is 0. The van der Waals surface area contributed by atoms with E-state index in [1.807, 2.05) is 0 Å². The Balaban J connectivity index is 0.000000216. The maximum atomic E-state index is 15.4. The molecular formula is C64H60BCl2F20N2PRu. The summed E-state index contributed by atoms with van der Waals surface area (Å²) in [6.45, 7) is 15.5. The van der Waals surface area contributed by atoms with Crippen LogP contribution in [0, 0.1) is 158 Å². The molecule has 0 aromatic heterocycles. The van der Waals surface area contributed by atoms with Crippen molar-refractivity contribution in [1.82, 2.24) is 0 Å². The van der Waals surface area contributed by atoms with E-state index in [0.717, 1.165) is 30.1 Å². The normalized spacial score (nSPS) is 16.9. The van der Waals surface area contributed by atoms with Crippen molar-refractivity contribution in [3.63, 3.8) is 0 Å². The smallest absolute Gasteiger partial charge is 0.200 e. The van der Waals surface area contributed by atoms with Crippen LogP contribution in [0.1, 0.15) is 130 Å². The molecule has 3 aliphatic carbocycles. The third-order valence-electron chi connectivity index (χ3n) is 18.6. The van der Waals surface area contributed by atoms with Crippen LogP contribution in [0.5, 0.6) is 0 Å². The molecule has 4 fully saturated rings. The van der Waals surface area contributed by atoms with E-state index in [0.29, 0.717) is 0 Å². The molecule has 3 saturated carbocycles. The van der Waals surface area contributed by atoms with Gasteiger partial charge in [-0.05, 0) is 0 Å². The molecule has 0 atom stereocenters. The Hall–Kier alpha value is -5.04. The molecule has 2 nitrogen and oxygen atoms in total. The second-order valence-corrected chi connectivity index (χ2v) is 38.4.